The number of morpholine rings is 1. The van der Waals surface area contributed by atoms with Gasteiger partial charge in [-0.2, -0.15) is 5.53 Å². The van der Waals surface area contributed by atoms with E-state index in [-0.39, 0.29) is 0 Å². The number of fused-ring (bicyclic) bond motifs is 1. The first kappa shape index (κ1) is 19.0. The molecule has 0 radical (unpaired) electrons. The molecule has 1 aliphatic heterocycles. The zero-order chi connectivity index (χ0) is 18.2. The maximum absolute atomic E-state index is 5.95. The van der Waals surface area contributed by atoms with Gasteiger partial charge in [-0.05, 0) is 17.6 Å². The Balaban J connectivity index is 1.62. The van der Waals surface area contributed by atoms with Gasteiger partial charge >= 0.3 is 0 Å². The highest BCUT2D eigenvalue weighted by Gasteiger charge is 2.17. The molecule has 2 aromatic rings. The monoisotopic (exact) mass is 377 g/mol. The van der Waals surface area contributed by atoms with Crippen molar-refractivity contribution in [3.8, 4) is 5.75 Å². The Morgan fingerprint density at radius 3 is 2.73 bits per heavy atom. The number of thiazole rings is 1. The van der Waals surface area contributed by atoms with Crippen LogP contribution in [0.5, 0.6) is 5.75 Å². The molecule has 0 bridgehead atoms. The average Bonchev–Trinajstić information content (AvgIpc) is 3.10. The maximum Gasteiger partial charge on any atom is 0.186 e. The van der Waals surface area contributed by atoms with E-state index in [1.807, 2.05) is 12.1 Å². The minimum absolute atomic E-state index is 0.695. The van der Waals surface area contributed by atoms with Crippen LogP contribution in [0.15, 0.2) is 17.2 Å². The SMILES string of the molecule is CCCCCCCCOc1cc2nc(N3CCOCC3)sc2cc1N=[NH2+]. The lowest BCUT2D eigenvalue weighted by Crippen LogP contribution is -2.36. The molecular weight excluding hydrogens is 348 g/mol. The first-order chi connectivity index (χ1) is 12.8. The number of rotatable bonds is 10. The molecule has 1 aromatic heterocycles. The number of ether oxygens (including phenoxy) is 2. The topological polar surface area (TPSA) is 72.5 Å². The smallest absolute Gasteiger partial charge is 0.186 e. The lowest BCUT2D eigenvalue weighted by molar-refractivity contribution is -0.210. The molecule has 1 saturated heterocycles. The third-order valence-corrected chi connectivity index (χ3v) is 5.71. The van der Waals surface area contributed by atoms with Crippen LogP contribution < -0.4 is 15.2 Å². The summed E-state index contributed by atoms with van der Waals surface area (Å²) >= 11 is 1.67. The van der Waals surface area contributed by atoms with Gasteiger partial charge in [0.05, 0.1) is 30.0 Å². The van der Waals surface area contributed by atoms with Crippen molar-refractivity contribution >= 4 is 32.4 Å². The van der Waals surface area contributed by atoms with Crippen molar-refractivity contribution in [1.82, 2.24) is 4.98 Å². The van der Waals surface area contributed by atoms with E-state index in [4.69, 9.17) is 20.0 Å². The molecule has 0 saturated carbocycles. The highest BCUT2D eigenvalue weighted by atomic mass is 32.1. The molecule has 142 valence electrons. The highest BCUT2D eigenvalue weighted by Crippen LogP contribution is 2.37. The highest BCUT2D eigenvalue weighted by molar-refractivity contribution is 7.22. The molecule has 0 spiro atoms. The third kappa shape index (κ3) is 4.92. The number of aromatic nitrogens is 1. The van der Waals surface area contributed by atoms with Crippen LogP contribution in [-0.4, -0.2) is 37.9 Å². The van der Waals surface area contributed by atoms with Crippen molar-refractivity contribution in [3.63, 3.8) is 0 Å². The van der Waals surface area contributed by atoms with Crippen molar-refractivity contribution < 1.29 is 15.0 Å². The largest absolute Gasteiger partial charge is 0.491 e. The van der Waals surface area contributed by atoms with E-state index in [9.17, 15) is 0 Å². The summed E-state index contributed by atoms with van der Waals surface area (Å²) in [4.78, 5) is 7.05. The van der Waals surface area contributed by atoms with Crippen LogP contribution >= 0.6 is 11.3 Å². The van der Waals surface area contributed by atoms with E-state index < -0.39 is 0 Å². The fourth-order valence-electron chi connectivity index (χ4n) is 3.10. The third-order valence-electron chi connectivity index (χ3n) is 4.63. The fourth-order valence-corrected chi connectivity index (χ4v) is 4.13. The summed E-state index contributed by atoms with van der Waals surface area (Å²) in [6.45, 7) is 6.21. The second-order valence-electron chi connectivity index (χ2n) is 6.63. The Kier molecular flexibility index (Phi) is 7.20. The van der Waals surface area contributed by atoms with Gasteiger partial charge in [-0.15, -0.1) is 0 Å². The first-order valence-electron chi connectivity index (χ1n) is 9.63. The van der Waals surface area contributed by atoms with E-state index in [1.165, 1.54) is 32.1 Å². The van der Waals surface area contributed by atoms with Gasteiger partial charge in [0.15, 0.2) is 16.6 Å². The van der Waals surface area contributed by atoms with E-state index in [2.05, 4.69) is 16.9 Å². The zero-order valence-electron chi connectivity index (χ0n) is 15.6. The van der Waals surface area contributed by atoms with E-state index in [1.54, 1.807) is 11.3 Å². The summed E-state index contributed by atoms with van der Waals surface area (Å²) in [5.41, 5.74) is 7.22. The molecule has 7 heteroatoms. The van der Waals surface area contributed by atoms with Gasteiger partial charge in [0, 0.05) is 19.2 Å². The minimum atomic E-state index is 0.695. The van der Waals surface area contributed by atoms with Crippen LogP contribution in [0.3, 0.4) is 0 Å². The van der Waals surface area contributed by atoms with Crippen molar-refractivity contribution in [2.45, 2.75) is 45.4 Å². The molecule has 0 aliphatic carbocycles. The molecule has 1 aliphatic rings. The van der Waals surface area contributed by atoms with Crippen LogP contribution in [-0.2, 0) is 4.74 Å². The summed E-state index contributed by atoms with van der Waals surface area (Å²) in [6.07, 6.45) is 7.45. The Morgan fingerprint density at radius 2 is 1.96 bits per heavy atom. The molecule has 2 heterocycles. The molecule has 6 nitrogen and oxygen atoms in total. The molecular formula is C19H29N4O2S+. The average molecular weight is 378 g/mol. The molecule has 0 unspecified atom stereocenters. The van der Waals surface area contributed by atoms with Gasteiger partial charge in [0.25, 0.3) is 0 Å². The summed E-state index contributed by atoms with van der Waals surface area (Å²) < 4.78 is 12.5. The minimum Gasteiger partial charge on any atom is -0.491 e. The van der Waals surface area contributed by atoms with Crippen LogP contribution in [0.25, 0.3) is 10.2 Å². The van der Waals surface area contributed by atoms with E-state index in [0.29, 0.717) is 12.3 Å². The predicted molar refractivity (Wildman–Crippen MR) is 106 cm³/mol. The van der Waals surface area contributed by atoms with Gasteiger partial charge < -0.3 is 14.4 Å². The van der Waals surface area contributed by atoms with Crippen LogP contribution in [0, 0.1) is 0 Å². The molecule has 1 fully saturated rings. The van der Waals surface area contributed by atoms with Crippen molar-refractivity contribution in [2.24, 2.45) is 5.11 Å². The lowest BCUT2D eigenvalue weighted by Gasteiger charge is -2.25. The standard InChI is InChI=1S/C19H28N4O2S/c1-2-3-4-5-6-7-10-25-17-13-16-18(14-15(17)22-20)26-19(21-16)23-8-11-24-12-9-23/h13-14,20H,2-12H2,1H3/p+1. The summed E-state index contributed by atoms with van der Waals surface area (Å²) in [6, 6.07) is 3.95. The number of nitrogens with two attached hydrogens (primary N) is 1. The van der Waals surface area contributed by atoms with E-state index >= 15 is 0 Å². The second kappa shape index (κ2) is 9.83. The molecule has 0 atom stereocenters. The molecule has 0 amide bonds. The quantitative estimate of drug-likeness (QED) is 0.506. The van der Waals surface area contributed by atoms with Gasteiger partial charge in [0.2, 0.25) is 0 Å². The molecule has 2 N–H and O–H groups in total. The predicted octanol–water partition coefficient (Wildman–Crippen LogP) is 3.72. The molecule has 26 heavy (non-hydrogen) atoms. The number of unbranched alkanes of at least 4 members (excludes halogenated alkanes) is 5. The summed E-state index contributed by atoms with van der Waals surface area (Å²) in [5, 5.41) is 4.93. The van der Waals surface area contributed by atoms with Crippen molar-refractivity contribution in [2.75, 3.05) is 37.8 Å². The molecule has 3 rings (SSSR count). The normalized spacial score (nSPS) is 14.7. The first-order valence-corrected chi connectivity index (χ1v) is 10.4. The molecule has 1 aromatic carbocycles. The van der Waals surface area contributed by atoms with Crippen LogP contribution in [0.2, 0.25) is 0 Å². The van der Waals surface area contributed by atoms with Crippen LogP contribution in [0.4, 0.5) is 10.8 Å². The number of anilines is 1. The van der Waals surface area contributed by atoms with Gasteiger partial charge in [-0.25, -0.2) is 4.98 Å². The Morgan fingerprint density at radius 1 is 1.19 bits per heavy atom. The summed E-state index contributed by atoms with van der Waals surface area (Å²) in [5.74, 6) is 0.729. The van der Waals surface area contributed by atoms with Gasteiger partial charge in [-0.1, -0.05) is 50.4 Å². The number of benzene rings is 1. The zero-order valence-corrected chi connectivity index (χ0v) is 16.4. The van der Waals surface area contributed by atoms with E-state index in [0.717, 1.165) is 53.8 Å². The van der Waals surface area contributed by atoms with Crippen molar-refractivity contribution in [3.05, 3.63) is 12.1 Å². The Hall–Kier alpha value is -1.73. The summed E-state index contributed by atoms with van der Waals surface area (Å²) in [7, 11) is 0. The van der Waals surface area contributed by atoms with Crippen LogP contribution in [0.1, 0.15) is 45.4 Å². The van der Waals surface area contributed by atoms with Gasteiger partial charge in [-0.3, -0.25) is 0 Å². The number of hydrogen-bond acceptors (Lipinski definition) is 6. The van der Waals surface area contributed by atoms with Crippen molar-refractivity contribution in [1.29, 1.82) is 0 Å². The Bertz CT molecular complexity index is 713. The second-order valence-corrected chi connectivity index (χ2v) is 7.64. The number of hydrogen-bond donors (Lipinski definition) is 1. The Labute approximate surface area is 159 Å². The fraction of sp³-hybridized carbons (Fsp3) is 0.632. The number of nitrogens with zero attached hydrogens (tertiary/aromatic N) is 3. The van der Waals surface area contributed by atoms with Gasteiger partial charge in [0.1, 0.15) is 0 Å². The maximum atomic E-state index is 5.95. The lowest BCUT2D eigenvalue weighted by atomic mass is 10.1.